The number of para-hydroxylation sites is 1. The molecular weight excluding hydrogens is 272 g/mol. The number of nitrogens with one attached hydrogen (secondary N) is 2. The van der Waals surface area contributed by atoms with Crippen molar-refractivity contribution in [2.24, 2.45) is 0 Å². The molecule has 2 aromatic carbocycles. The van der Waals surface area contributed by atoms with Gasteiger partial charge in [0.2, 0.25) is 0 Å². The van der Waals surface area contributed by atoms with Crippen molar-refractivity contribution in [3.05, 3.63) is 65.2 Å². The predicted molar refractivity (Wildman–Crippen MR) is 88.9 cm³/mol. The van der Waals surface area contributed by atoms with Crippen molar-refractivity contribution in [3.63, 3.8) is 0 Å². The fraction of sp³-hybridized carbons (Fsp3) is 0.211. The van der Waals surface area contributed by atoms with Gasteiger partial charge >= 0.3 is 0 Å². The first kappa shape index (κ1) is 14.2. The first-order chi connectivity index (χ1) is 10.8. The molecule has 0 aromatic heterocycles. The van der Waals surface area contributed by atoms with Crippen LogP contribution in [0.25, 0.3) is 0 Å². The van der Waals surface area contributed by atoms with Crippen molar-refractivity contribution in [3.8, 4) is 11.8 Å². The normalized spacial score (nSPS) is 13.0. The third kappa shape index (κ3) is 3.29. The van der Waals surface area contributed by atoms with Crippen LogP contribution in [0.2, 0.25) is 0 Å². The lowest BCUT2D eigenvalue weighted by molar-refractivity contribution is 0.0958. The van der Waals surface area contributed by atoms with E-state index in [2.05, 4.69) is 34.6 Å². The molecular formula is C19H18N2O. The third-order valence-electron chi connectivity index (χ3n) is 3.63. The quantitative estimate of drug-likeness (QED) is 0.835. The lowest BCUT2D eigenvalue weighted by Gasteiger charge is -2.08. The summed E-state index contributed by atoms with van der Waals surface area (Å²) in [4.78, 5) is 12.0. The fourth-order valence-electron chi connectivity index (χ4n) is 2.50. The van der Waals surface area contributed by atoms with Crippen LogP contribution in [0, 0.1) is 11.8 Å². The monoisotopic (exact) mass is 290 g/mol. The molecule has 1 amide bonds. The van der Waals surface area contributed by atoms with Crippen molar-refractivity contribution in [1.82, 2.24) is 5.32 Å². The number of carbonyl (C=O) groups excluding carboxylic acids is 1. The Bertz CT molecular complexity index is 726. The molecule has 0 bridgehead atoms. The zero-order valence-corrected chi connectivity index (χ0v) is 12.4. The number of aryl methyl sites for hydroxylation is 1. The highest BCUT2D eigenvalue weighted by Crippen LogP contribution is 2.21. The van der Waals surface area contributed by atoms with Crippen LogP contribution in [0.3, 0.4) is 0 Å². The van der Waals surface area contributed by atoms with Gasteiger partial charge in [0.25, 0.3) is 5.91 Å². The molecule has 3 heteroatoms. The molecule has 0 fully saturated rings. The number of carbonyl (C=O) groups is 1. The molecule has 3 rings (SSSR count). The SMILES string of the molecule is O=C1NCCNc2c(C#CCCc3ccccc3)cccc21. The molecule has 0 saturated heterocycles. The molecule has 0 spiro atoms. The maximum Gasteiger partial charge on any atom is 0.253 e. The molecule has 0 radical (unpaired) electrons. The minimum absolute atomic E-state index is 0.0343. The number of amides is 1. The molecule has 1 heterocycles. The van der Waals surface area contributed by atoms with Crippen LogP contribution >= 0.6 is 0 Å². The van der Waals surface area contributed by atoms with E-state index in [0.717, 1.165) is 30.6 Å². The molecule has 3 nitrogen and oxygen atoms in total. The van der Waals surface area contributed by atoms with E-state index in [9.17, 15) is 4.79 Å². The van der Waals surface area contributed by atoms with Gasteiger partial charge in [0, 0.05) is 25.1 Å². The van der Waals surface area contributed by atoms with E-state index in [1.165, 1.54) is 5.56 Å². The van der Waals surface area contributed by atoms with Gasteiger partial charge in [0.1, 0.15) is 0 Å². The molecule has 2 aromatic rings. The summed E-state index contributed by atoms with van der Waals surface area (Å²) in [5.41, 5.74) is 3.71. The maximum atomic E-state index is 12.0. The van der Waals surface area contributed by atoms with E-state index < -0.39 is 0 Å². The van der Waals surface area contributed by atoms with E-state index in [4.69, 9.17) is 0 Å². The van der Waals surface area contributed by atoms with E-state index in [-0.39, 0.29) is 5.91 Å². The maximum absolute atomic E-state index is 12.0. The second kappa shape index (κ2) is 6.82. The van der Waals surface area contributed by atoms with E-state index in [1.54, 1.807) is 0 Å². The van der Waals surface area contributed by atoms with Crippen LogP contribution in [0.1, 0.15) is 27.9 Å². The summed E-state index contributed by atoms with van der Waals surface area (Å²) in [7, 11) is 0. The number of hydrogen-bond donors (Lipinski definition) is 2. The van der Waals surface area contributed by atoms with Gasteiger partial charge in [-0.05, 0) is 24.1 Å². The number of fused-ring (bicyclic) bond motifs is 1. The first-order valence-corrected chi connectivity index (χ1v) is 7.52. The van der Waals surface area contributed by atoms with Gasteiger partial charge in [-0.15, -0.1) is 0 Å². The Morgan fingerprint density at radius 3 is 2.64 bits per heavy atom. The molecule has 2 N–H and O–H groups in total. The smallest absolute Gasteiger partial charge is 0.253 e. The number of hydrogen-bond acceptors (Lipinski definition) is 2. The standard InChI is InChI=1S/C19H18N2O/c22-19-17-12-6-11-16(18(17)20-13-14-21-19)10-5-4-9-15-7-2-1-3-8-15/h1-3,6-8,11-12,20H,4,9,13-14H2,(H,21,22). The summed E-state index contributed by atoms with van der Waals surface area (Å²) in [6.45, 7) is 1.36. The van der Waals surface area contributed by atoms with Crippen molar-refractivity contribution >= 4 is 11.6 Å². The molecule has 1 aliphatic heterocycles. The molecule has 0 saturated carbocycles. The van der Waals surface area contributed by atoms with Gasteiger partial charge in [0.05, 0.1) is 11.3 Å². The summed E-state index contributed by atoms with van der Waals surface area (Å²) in [5.74, 6) is 6.38. The van der Waals surface area contributed by atoms with Gasteiger partial charge in [-0.2, -0.15) is 0 Å². The number of rotatable bonds is 2. The Kier molecular flexibility index (Phi) is 4.41. The Morgan fingerprint density at radius 2 is 1.77 bits per heavy atom. The van der Waals surface area contributed by atoms with E-state index >= 15 is 0 Å². The molecule has 0 aliphatic carbocycles. The van der Waals surface area contributed by atoms with Crippen molar-refractivity contribution < 1.29 is 4.79 Å². The van der Waals surface area contributed by atoms with Crippen molar-refractivity contribution in [1.29, 1.82) is 0 Å². The second-order valence-electron chi connectivity index (χ2n) is 5.20. The Morgan fingerprint density at radius 1 is 0.955 bits per heavy atom. The lowest BCUT2D eigenvalue weighted by Crippen LogP contribution is -2.24. The van der Waals surface area contributed by atoms with Crippen LogP contribution in [0.4, 0.5) is 5.69 Å². The molecule has 1 aliphatic rings. The Labute approximate surface area is 130 Å². The van der Waals surface area contributed by atoms with Crippen molar-refractivity contribution in [2.75, 3.05) is 18.4 Å². The Hall–Kier alpha value is -2.73. The zero-order valence-electron chi connectivity index (χ0n) is 12.4. The molecule has 22 heavy (non-hydrogen) atoms. The fourth-order valence-corrected chi connectivity index (χ4v) is 2.50. The summed E-state index contributed by atoms with van der Waals surface area (Å²) in [6, 6.07) is 16.0. The zero-order chi connectivity index (χ0) is 15.2. The van der Waals surface area contributed by atoms with Gasteiger partial charge in [-0.1, -0.05) is 48.2 Å². The van der Waals surface area contributed by atoms with Crippen molar-refractivity contribution in [2.45, 2.75) is 12.8 Å². The average molecular weight is 290 g/mol. The predicted octanol–water partition coefficient (Wildman–Crippen LogP) is 2.83. The highest BCUT2D eigenvalue weighted by Gasteiger charge is 2.16. The minimum atomic E-state index is -0.0343. The topological polar surface area (TPSA) is 41.1 Å². The van der Waals surface area contributed by atoms with Crippen LogP contribution in [0.15, 0.2) is 48.5 Å². The highest BCUT2D eigenvalue weighted by atomic mass is 16.1. The highest BCUT2D eigenvalue weighted by molar-refractivity contribution is 6.01. The minimum Gasteiger partial charge on any atom is -0.382 e. The van der Waals surface area contributed by atoms with Gasteiger partial charge < -0.3 is 10.6 Å². The van der Waals surface area contributed by atoms with Crippen LogP contribution in [-0.2, 0) is 6.42 Å². The lowest BCUT2D eigenvalue weighted by atomic mass is 10.1. The summed E-state index contributed by atoms with van der Waals surface area (Å²) >= 11 is 0. The third-order valence-corrected chi connectivity index (χ3v) is 3.63. The number of anilines is 1. The van der Waals surface area contributed by atoms with Crippen LogP contribution in [-0.4, -0.2) is 19.0 Å². The summed E-state index contributed by atoms with van der Waals surface area (Å²) in [6.07, 6.45) is 1.75. The summed E-state index contributed by atoms with van der Waals surface area (Å²) < 4.78 is 0. The van der Waals surface area contributed by atoms with E-state index in [1.807, 2.05) is 36.4 Å². The van der Waals surface area contributed by atoms with Crippen LogP contribution in [0.5, 0.6) is 0 Å². The molecule has 110 valence electrons. The van der Waals surface area contributed by atoms with Gasteiger partial charge in [0.15, 0.2) is 0 Å². The largest absolute Gasteiger partial charge is 0.382 e. The van der Waals surface area contributed by atoms with Gasteiger partial charge in [-0.3, -0.25) is 4.79 Å². The molecule has 0 unspecified atom stereocenters. The second-order valence-corrected chi connectivity index (χ2v) is 5.20. The number of benzene rings is 2. The van der Waals surface area contributed by atoms with Gasteiger partial charge in [-0.25, -0.2) is 0 Å². The molecule has 0 atom stereocenters. The van der Waals surface area contributed by atoms with Crippen LogP contribution < -0.4 is 10.6 Å². The summed E-state index contributed by atoms with van der Waals surface area (Å²) in [5, 5.41) is 6.16. The van der Waals surface area contributed by atoms with E-state index in [0.29, 0.717) is 12.1 Å². The Balaban J connectivity index is 1.75. The average Bonchev–Trinajstić information content (AvgIpc) is 2.75. The first-order valence-electron chi connectivity index (χ1n) is 7.52.